The van der Waals surface area contributed by atoms with Gasteiger partial charge in [-0.1, -0.05) is 5.16 Å². The van der Waals surface area contributed by atoms with E-state index in [1.54, 1.807) is 38.2 Å². The summed E-state index contributed by atoms with van der Waals surface area (Å²) < 4.78 is 42.2. The maximum absolute atomic E-state index is 12.6. The number of nitrogens with zero attached hydrogens (tertiary/aromatic N) is 2. The number of thiophene rings is 1. The molecule has 3 aromatic rings. The molecular weight excluding hydrogens is 357 g/mol. The SMILES string of the molecule is CC(C)(NC(=O)c1ccc(-c2ccn[nH]2)s1)c1cc(C(F)(F)F)on1. The summed E-state index contributed by atoms with van der Waals surface area (Å²) >= 11 is 1.24. The van der Waals surface area contributed by atoms with Gasteiger partial charge >= 0.3 is 6.18 Å². The Hall–Kier alpha value is -2.62. The summed E-state index contributed by atoms with van der Waals surface area (Å²) in [7, 11) is 0. The largest absolute Gasteiger partial charge is 0.452 e. The average Bonchev–Trinajstić information content (AvgIpc) is 3.26. The number of nitrogens with one attached hydrogen (secondary N) is 2. The molecule has 0 aliphatic rings. The second-order valence-corrected chi connectivity index (χ2v) is 6.87. The standard InChI is InChI=1S/C15H13F3N4O2S/c1-14(2,11-7-12(24-22-11)15(16,17)18)20-13(23)10-4-3-9(25-10)8-5-6-19-21-8/h3-7H,1-2H3,(H,19,21)(H,20,23). The molecule has 0 aliphatic carbocycles. The number of amides is 1. The Balaban J connectivity index is 1.76. The summed E-state index contributed by atoms with van der Waals surface area (Å²) in [5, 5.41) is 12.7. The van der Waals surface area contributed by atoms with E-state index in [4.69, 9.17) is 0 Å². The van der Waals surface area contributed by atoms with Crippen LogP contribution in [0.3, 0.4) is 0 Å². The van der Waals surface area contributed by atoms with Crippen LogP contribution >= 0.6 is 11.3 Å². The van der Waals surface area contributed by atoms with Gasteiger partial charge in [0, 0.05) is 12.3 Å². The highest BCUT2D eigenvalue weighted by molar-refractivity contribution is 7.17. The number of aromatic nitrogens is 3. The zero-order valence-electron chi connectivity index (χ0n) is 13.1. The minimum Gasteiger partial charge on any atom is -0.351 e. The molecule has 10 heteroatoms. The first-order valence-electron chi connectivity index (χ1n) is 7.13. The Morgan fingerprint density at radius 2 is 2.04 bits per heavy atom. The number of alkyl halides is 3. The molecule has 0 unspecified atom stereocenters. The highest BCUT2D eigenvalue weighted by Gasteiger charge is 2.38. The second kappa shape index (κ2) is 6.03. The summed E-state index contributed by atoms with van der Waals surface area (Å²) in [5.74, 6) is -1.63. The fourth-order valence-corrected chi connectivity index (χ4v) is 2.99. The smallest absolute Gasteiger partial charge is 0.351 e. The normalized spacial score (nSPS) is 12.4. The van der Waals surface area contributed by atoms with Gasteiger partial charge in [0.2, 0.25) is 5.76 Å². The molecule has 0 spiro atoms. The predicted molar refractivity (Wildman–Crippen MR) is 83.9 cm³/mol. The van der Waals surface area contributed by atoms with Crippen LogP contribution in [-0.4, -0.2) is 21.3 Å². The summed E-state index contributed by atoms with van der Waals surface area (Å²) in [5.41, 5.74) is -0.379. The van der Waals surface area contributed by atoms with E-state index in [9.17, 15) is 18.0 Å². The van der Waals surface area contributed by atoms with Crippen molar-refractivity contribution >= 4 is 17.2 Å². The molecule has 2 N–H and O–H groups in total. The minimum atomic E-state index is -4.63. The quantitative estimate of drug-likeness (QED) is 0.731. The van der Waals surface area contributed by atoms with Crippen molar-refractivity contribution in [2.75, 3.05) is 0 Å². The van der Waals surface area contributed by atoms with Crippen molar-refractivity contribution in [3.8, 4) is 10.6 Å². The Morgan fingerprint density at radius 1 is 1.28 bits per heavy atom. The maximum atomic E-state index is 12.6. The number of halogens is 3. The molecule has 0 radical (unpaired) electrons. The highest BCUT2D eigenvalue weighted by atomic mass is 32.1. The van der Waals surface area contributed by atoms with Crippen molar-refractivity contribution in [3.05, 3.63) is 46.8 Å². The second-order valence-electron chi connectivity index (χ2n) is 5.79. The third-order valence-corrected chi connectivity index (χ3v) is 4.57. The summed E-state index contributed by atoms with van der Waals surface area (Å²) in [6, 6.07) is 5.95. The first-order chi connectivity index (χ1) is 11.7. The Bertz CT molecular complexity index is 881. The monoisotopic (exact) mass is 370 g/mol. The van der Waals surface area contributed by atoms with E-state index in [1.807, 2.05) is 0 Å². The molecular formula is C15H13F3N4O2S. The van der Waals surface area contributed by atoms with Crippen molar-refractivity contribution in [1.82, 2.24) is 20.7 Å². The number of carbonyl (C=O) groups excluding carboxylic acids is 1. The van der Waals surface area contributed by atoms with Crippen LogP contribution in [0, 0.1) is 0 Å². The summed E-state index contributed by atoms with van der Waals surface area (Å²) in [4.78, 5) is 13.6. The van der Waals surface area contributed by atoms with Crippen molar-refractivity contribution in [3.63, 3.8) is 0 Å². The van der Waals surface area contributed by atoms with Crippen LogP contribution in [0.2, 0.25) is 0 Å². The molecule has 0 atom stereocenters. The number of hydrogen-bond acceptors (Lipinski definition) is 5. The zero-order chi connectivity index (χ0) is 18.2. The first-order valence-corrected chi connectivity index (χ1v) is 7.95. The van der Waals surface area contributed by atoms with Crippen LogP contribution in [0.25, 0.3) is 10.6 Å². The lowest BCUT2D eigenvalue weighted by Crippen LogP contribution is -2.41. The lowest BCUT2D eigenvalue weighted by molar-refractivity contribution is -0.155. The molecule has 0 fully saturated rings. The summed E-state index contributed by atoms with van der Waals surface area (Å²) in [6.45, 7) is 3.10. The van der Waals surface area contributed by atoms with Gasteiger partial charge < -0.3 is 9.84 Å². The van der Waals surface area contributed by atoms with E-state index in [1.165, 1.54) is 11.3 Å². The topological polar surface area (TPSA) is 83.8 Å². The molecule has 0 saturated carbocycles. The van der Waals surface area contributed by atoms with Crippen LogP contribution in [0.4, 0.5) is 13.2 Å². The Labute approximate surface area is 144 Å². The van der Waals surface area contributed by atoms with E-state index in [2.05, 4.69) is 25.2 Å². The Morgan fingerprint density at radius 3 is 2.64 bits per heavy atom. The van der Waals surface area contributed by atoms with E-state index >= 15 is 0 Å². The molecule has 3 rings (SSSR count). The van der Waals surface area contributed by atoms with E-state index in [-0.39, 0.29) is 5.69 Å². The fourth-order valence-electron chi connectivity index (χ4n) is 2.11. The number of rotatable bonds is 4. The van der Waals surface area contributed by atoms with E-state index in [0.29, 0.717) is 4.88 Å². The minimum absolute atomic E-state index is 0.0153. The van der Waals surface area contributed by atoms with E-state index < -0.39 is 23.4 Å². The molecule has 3 heterocycles. The van der Waals surface area contributed by atoms with Gasteiger partial charge in [-0.25, -0.2) is 0 Å². The van der Waals surface area contributed by atoms with Crippen LogP contribution < -0.4 is 5.32 Å². The third kappa shape index (κ3) is 3.58. The molecule has 132 valence electrons. The van der Waals surface area contributed by atoms with Gasteiger partial charge in [0.05, 0.1) is 21.0 Å². The van der Waals surface area contributed by atoms with Gasteiger partial charge in [-0.15, -0.1) is 11.3 Å². The molecule has 0 aromatic carbocycles. The molecule has 6 nitrogen and oxygen atoms in total. The molecule has 1 amide bonds. The van der Waals surface area contributed by atoms with Gasteiger partial charge in [0.15, 0.2) is 0 Å². The lowest BCUT2D eigenvalue weighted by atomic mass is 10.0. The number of carbonyl (C=O) groups is 1. The highest BCUT2D eigenvalue weighted by Crippen LogP contribution is 2.32. The molecule has 0 bridgehead atoms. The summed E-state index contributed by atoms with van der Waals surface area (Å²) in [6.07, 6.45) is -3.03. The van der Waals surface area contributed by atoms with Crippen LogP contribution in [0.5, 0.6) is 0 Å². The predicted octanol–water partition coefficient (Wildman–Crippen LogP) is 3.81. The zero-order valence-corrected chi connectivity index (χ0v) is 14.0. The van der Waals surface area contributed by atoms with Crippen molar-refractivity contribution in [2.24, 2.45) is 0 Å². The van der Waals surface area contributed by atoms with Crippen LogP contribution in [0.1, 0.15) is 35.0 Å². The lowest BCUT2D eigenvalue weighted by Gasteiger charge is -2.23. The van der Waals surface area contributed by atoms with Crippen molar-refractivity contribution in [2.45, 2.75) is 25.6 Å². The fraction of sp³-hybridized carbons (Fsp3) is 0.267. The van der Waals surface area contributed by atoms with Gasteiger partial charge in [0.25, 0.3) is 5.91 Å². The molecule has 0 saturated heterocycles. The van der Waals surface area contributed by atoms with Crippen LogP contribution in [0.15, 0.2) is 35.0 Å². The maximum Gasteiger partial charge on any atom is 0.452 e. The van der Waals surface area contributed by atoms with Gasteiger partial charge in [-0.3, -0.25) is 9.89 Å². The first kappa shape index (κ1) is 17.2. The van der Waals surface area contributed by atoms with Crippen molar-refractivity contribution in [1.29, 1.82) is 0 Å². The van der Waals surface area contributed by atoms with Gasteiger partial charge in [0.1, 0.15) is 5.69 Å². The van der Waals surface area contributed by atoms with Gasteiger partial charge in [-0.05, 0) is 32.0 Å². The van der Waals surface area contributed by atoms with E-state index in [0.717, 1.165) is 16.6 Å². The third-order valence-electron chi connectivity index (χ3n) is 3.45. The van der Waals surface area contributed by atoms with Crippen LogP contribution in [-0.2, 0) is 11.7 Å². The number of H-pyrrole nitrogens is 1. The Kier molecular flexibility index (Phi) is 4.15. The molecule has 0 aliphatic heterocycles. The number of aromatic amines is 1. The van der Waals surface area contributed by atoms with Crippen molar-refractivity contribution < 1.29 is 22.5 Å². The molecule has 3 aromatic heterocycles. The average molecular weight is 370 g/mol. The molecule has 25 heavy (non-hydrogen) atoms. The van der Waals surface area contributed by atoms with Gasteiger partial charge in [-0.2, -0.15) is 18.3 Å². The number of hydrogen-bond donors (Lipinski definition) is 2.